The van der Waals surface area contributed by atoms with Crippen LogP contribution in [0.5, 0.6) is 5.75 Å². The molecule has 3 rings (SSSR count). The van der Waals surface area contributed by atoms with Crippen LogP contribution in [-0.2, 0) is 6.42 Å². The molecule has 1 heterocycles. The number of anilines is 1. The maximum atomic E-state index is 12.7. The first-order chi connectivity index (χ1) is 12.0. The molecule has 2 N–H and O–H groups in total. The van der Waals surface area contributed by atoms with Gasteiger partial charge in [0.2, 0.25) is 0 Å². The molecule has 3 aromatic rings. The molecular formula is C19H16Cl2F2N2O. The number of nitrogens with two attached hydrogens (primary N) is 1. The number of hydrogen-bond acceptors (Lipinski definition) is 3. The lowest BCUT2D eigenvalue weighted by molar-refractivity contribution is -0.0494. The molecule has 26 heavy (non-hydrogen) atoms. The van der Waals surface area contributed by atoms with Crippen molar-refractivity contribution in [1.29, 1.82) is 0 Å². The van der Waals surface area contributed by atoms with Gasteiger partial charge in [-0.05, 0) is 53.4 Å². The number of aromatic nitrogens is 1. The summed E-state index contributed by atoms with van der Waals surface area (Å²) in [5.41, 5.74) is 8.76. The van der Waals surface area contributed by atoms with Crippen LogP contribution in [-0.4, -0.2) is 11.6 Å². The Morgan fingerprint density at radius 3 is 2.46 bits per heavy atom. The first-order valence-electron chi connectivity index (χ1n) is 7.55. The van der Waals surface area contributed by atoms with Crippen LogP contribution in [0.15, 0.2) is 60.8 Å². The predicted octanol–water partition coefficient (Wildman–Crippen LogP) is 5.60. The number of hydrogen-bond donors (Lipinski definition) is 1. The quantitative estimate of drug-likeness (QED) is 0.610. The predicted molar refractivity (Wildman–Crippen MR) is 102 cm³/mol. The Labute approximate surface area is 161 Å². The van der Waals surface area contributed by atoms with Crippen molar-refractivity contribution in [2.45, 2.75) is 13.0 Å². The molecule has 2 aromatic carbocycles. The summed E-state index contributed by atoms with van der Waals surface area (Å²) in [4.78, 5) is 4.06. The van der Waals surface area contributed by atoms with Crippen molar-refractivity contribution in [1.82, 2.24) is 4.98 Å². The van der Waals surface area contributed by atoms with Gasteiger partial charge in [0.1, 0.15) is 11.6 Å². The van der Waals surface area contributed by atoms with E-state index in [9.17, 15) is 8.78 Å². The molecule has 1 aromatic heterocycles. The minimum absolute atomic E-state index is 0. The van der Waals surface area contributed by atoms with Crippen molar-refractivity contribution < 1.29 is 13.5 Å². The number of benzene rings is 2. The molecule has 0 saturated heterocycles. The van der Waals surface area contributed by atoms with Crippen LogP contribution in [0.25, 0.3) is 11.1 Å². The monoisotopic (exact) mass is 396 g/mol. The van der Waals surface area contributed by atoms with E-state index in [0.29, 0.717) is 28.4 Å². The standard InChI is InChI=1S/C19H15ClF2N2O.ClH/c20-15-3-1-2-14(10-15)16-9-12(4-6-17(16)25-19(21)22)8-13-5-7-18(23)24-11-13;/h1-7,9-11,19H,8H2,(H2,23,24);1H. The second kappa shape index (κ2) is 8.83. The van der Waals surface area contributed by atoms with Crippen molar-refractivity contribution in [2.75, 3.05) is 5.73 Å². The van der Waals surface area contributed by atoms with Crippen LogP contribution in [0.2, 0.25) is 5.02 Å². The second-order valence-corrected chi connectivity index (χ2v) is 5.92. The summed E-state index contributed by atoms with van der Waals surface area (Å²) in [5, 5.41) is 0.522. The van der Waals surface area contributed by atoms with Crippen molar-refractivity contribution >= 4 is 29.8 Å². The van der Waals surface area contributed by atoms with Gasteiger partial charge in [0, 0.05) is 16.8 Å². The molecule has 0 aliphatic heterocycles. The van der Waals surface area contributed by atoms with E-state index in [1.165, 1.54) is 0 Å². The van der Waals surface area contributed by atoms with E-state index in [1.54, 1.807) is 48.7 Å². The van der Waals surface area contributed by atoms with E-state index < -0.39 is 6.61 Å². The van der Waals surface area contributed by atoms with Crippen LogP contribution in [0.3, 0.4) is 0 Å². The van der Waals surface area contributed by atoms with E-state index in [-0.39, 0.29) is 18.2 Å². The summed E-state index contributed by atoms with van der Waals surface area (Å²) in [7, 11) is 0. The summed E-state index contributed by atoms with van der Waals surface area (Å²) >= 11 is 6.03. The molecule has 7 heteroatoms. The first kappa shape index (κ1) is 19.9. The van der Waals surface area contributed by atoms with Gasteiger partial charge in [-0.15, -0.1) is 12.4 Å². The smallest absolute Gasteiger partial charge is 0.387 e. The maximum Gasteiger partial charge on any atom is 0.387 e. The fourth-order valence-electron chi connectivity index (χ4n) is 2.54. The third kappa shape index (κ3) is 5.07. The summed E-state index contributed by atoms with van der Waals surface area (Å²) < 4.78 is 30.1. The normalized spacial score (nSPS) is 10.5. The van der Waals surface area contributed by atoms with Crippen molar-refractivity contribution in [2.24, 2.45) is 0 Å². The molecule has 0 radical (unpaired) electrons. The fraction of sp³-hybridized carbons (Fsp3) is 0.105. The zero-order valence-corrected chi connectivity index (χ0v) is 15.1. The van der Waals surface area contributed by atoms with Crippen molar-refractivity contribution in [3.8, 4) is 16.9 Å². The average molecular weight is 397 g/mol. The molecule has 0 bridgehead atoms. The third-order valence-corrected chi connectivity index (χ3v) is 3.89. The molecule has 0 aliphatic carbocycles. The Kier molecular flexibility index (Phi) is 6.77. The summed E-state index contributed by atoms with van der Waals surface area (Å²) in [5.74, 6) is 0.556. The Morgan fingerprint density at radius 2 is 1.81 bits per heavy atom. The Balaban J connectivity index is 0.00000243. The van der Waals surface area contributed by atoms with Gasteiger partial charge in [-0.25, -0.2) is 4.98 Å². The minimum Gasteiger partial charge on any atom is -0.434 e. The van der Waals surface area contributed by atoms with Gasteiger partial charge in [0.05, 0.1) is 0 Å². The van der Waals surface area contributed by atoms with E-state index in [0.717, 1.165) is 11.1 Å². The van der Waals surface area contributed by atoms with Crippen molar-refractivity contribution in [3.63, 3.8) is 0 Å². The zero-order valence-electron chi connectivity index (χ0n) is 13.5. The number of halogens is 4. The largest absolute Gasteiger partial charge is 0.434 e. The molecule has 0 spiro atoms. The SMILES string of the molecule is Cl.Nc1ccc(Cc2ccc(OC(F)F)c(-c3cccc(Cl)c3)c2)cn1. The van der Waals surface area contributed by atoms with Crippen LogP contribution >= 0.6 is 24.0 Å². The highest BCUT2D eigenvalue weighted by molar-refractivity contribution is 6.30. The van der Waals surface area contributed by atoms with E-state index in [2.05, 4.69) is 9.72 Å². The highest BCUT2D eigenvalue weighted by atomic mass is 35.5. The van der Waals surface area contributed by atoms with Gasteiger partial charge in [-0.3, -0.25) is 0 Å². The molecule has 0 atom stereocenters. The Hall–Kier alpha value is -2.37. The minimum atomic E-state index is -2.90. The number of rotatable bonds is 5. The molecule has 0 unspecified atom stereocenters. The topological polar surface area (TPSA) is 48.1 Å². The van der Waals surface area contributed by atoms with Crippen LogP contribution in [0.4, 0.5) is 14.6 Å². The number of nitrogens with zero attached hydrogens (tertiary/aromatic N) is 1. The molecular weight excluding hydrogens is 381 g/mol. The lowest BCUT2D eigenvalue weighted by atomic mass is 9.99. The fourth-order valence-corrected chi connectivity index (χ4v) is 2.73. The van der Waals surface area contributed by atoms with Gasteiger partial charge in [0.15, 0.2) is 0 Å². The lowest BCUT2D eigenvalue weighted by Gasteiger charge is -2.13. The van der Waals surface area contributed by atoms with E-state index in [4.69, 9.17) is 17.3 Å². The number of ether oxygens (including phenoxy) is 1. The molecule has 0 saturated carbocycles. The van der Waals surface area contributed by atoms with E-state index >= 15 is 0 Å². The van der Waals surface area contributed by atoms with Crippen LogP contribution < -0.4 is 10.5 Å². The summed E-state index contributed by atoms with van der Waals surface area (Å²) in [6.45, 7) is -2.90. The lowest BCUT2D eigenvalue weighted by Crippen LogP contribution is -2.04. The highest BCUT2D eigenvalue weighted by Gasteiger charge is 2.13. The Bertz CT molecular complexity index is 874. The first-order valence-corrected chi connectivity index (χ1v) is 7.93. The van der Waals surface area contributed by atoms with E-state index in [1.807, 2.05) is 12.1 Å². The van der Waals surface area contributed by atoms with Crippen LogP contribution in [0, 0.1) is 0 Å². The summed E-state index contributed by atoms with van der Waals surface area (Å²) in [6, 6.07) is 15.7. The van der Waals surface area contributed by atoms with Crippen LogP contribution in [0.1, 0.15) is 11.1 Å². The number of pyridine rings is 1. The van der Waals surface area contributed by atoms with Gasteiger partial charge in [0.25, 0.3) is 0 Å². The third-order valence-electron chi connectivity index (χ3n) is 3.65. The zero-order chi connectivity index (χ0) is 17.8. The van der Waals surface area contributed by atoms with Gasteiger partial charge >= 0.3 is 6.61 Å². The van der Waals surface area contributed by atoms with Gasteiger partial charge in [-0.1, -0.05) is 35.9 Å². The molecule has 0 fully saturated rings. The number of nitrogen functional groups attached to an aromatic ring is 1. The highest BCUT2D eigenvalue weighted by Crippen LogP contribution is 2.34. The molecule has 136 valence electrons. The van der Waals surface area contributed by atoms with Crippen molar-refractivity contribution in [3.05, 3.63) is 76.9 Å². The average Bonchev–Trinajstić information content (AvgIpc) is 2.58. The molecule has 0 aliphatic rings. The molecule has 3 nitrogen and oxygen atoms in total. The van der Waals surface area contributed by atoms with Gasteiger partial charge in [-0.2, -0.15) is 8.78 Å². The maximum absolute atomic E-state index is 12.7. The number of alkyl halides is 2. The second-order valence-electron chi connectivity index (χ2n) is 5.49. The molecule has 0 amide bonds. The summed E-state index contributed by atoms with van der Waals surface area (Å²) in [6.07, 6.45) is 2.29. The van der Waals surface area contributed by atoms with Gasteiger partial charge < -0.3 is 10.5 Å². The Morgan fingerprint density at radius 1 is 1.04 bits per heavy atom.